The summed E-state index contributed by atoms with van der Waals surface area (Å²) in [6.45, 7) is 0.712. The first-order chi connectivity index (χ1) is 13.1. The summed E-state index contributed by atoms with van der Waals surface area (Å²) in [6, 6.07) is 9.63. The molecule has 0 saturated carbocycles. The number of halogens is 1. The number of carbonyl (C=O) groups is 1. The van der Waals surface area contributed by atoms with Crippen LogP contribution < -0.4 is 0 Å². The number of imidazole rings is 1. The SMILES string of the molecule is O=C(/C=C/c1c(Cl)nc2sccn12)N1CCC[C@@H]1C[C@H](O)c1ccccc1. The molecule has 0 radical (unpaired) electrons. The standard InChI is InChI=1S/C20H20ClN3O2S/c21-19-16(24-11-12-27-20(24)22-19)8-9-18(26)23-10-4-7-15(23)13-17(25)14-5-2-1-3-6-14/h1-3,5-6,8-9,11-12,15,17,25H,4,7,10,13H2/b9-8+/t15-,17+/m1/s1. The molecule has 1 aromatic carbocycles. The number of hydrogen-bond donors (Lipinski definition) is 1. The number of rotatable bonds is 5. The molecule has 1 amide bonds. The van der Waals surface area contributed by atoms with E-state index in [0.717, 1.165) is 23.4 Å². The third-order valence-electron chi connectivity index (χ3n) is 4.98. The highest BCUT2D eigenvalue weighted by Gasteiger charge is 2.29. The lowest BCUT2D eigenvalue weighted by Gasteiger charge is -2.25. The molecule has 1 aliphatic rings. The number of aromatic nitrogens is 2. The quantitative estimate of drug-likeness (QED) is 0.652. The van der Waals surface area contributed by atoms with Gasteiger partial charge in [-0.3, -0.25) is 9.20 Å². The zero-order chi connectivity index (χ0) is 18.8. The molecule has 2 aromatic heterocycles. The van der Waals surface area contributed by atoms with Gasteiger partial charge in [0.15, 0.2) is 10.1 Å². The van der Waals surface area contributed by atoms with E-state index in [0.29, 0.717) is 23.8 Å². The number of benzene rings is 1. The van der Waals surface area contributed by atoms with Gasteiger partial charge in [-0.2, -0.15) is 0 Å². The van der Waals surface area contributed by atoms with Crippen LogP contribution in [0.1, 0.15) is 36.6 Å². The Morgan fingerprint density at radius 1 is 1.41 bits per heavy atom. The molecular weight excluding hydrogens is 382 g/mol. The third kappa shape index (κ3) is 3.78. The molecule has 4 rings (SSSR count). The van der Waals surface area contributed by atoms with E-state index >= 15 is 0 Å². The van der Waals surface area contributed by atoms with Gasteiger partial charge in [0, 0.05) is 30.2 Å². The van der Waals surface area contributed by atoms with E-state index in [1.165, 1.54) is 11.3 Å². The van der Waals surface area contributed by atoms with E-state index < -0.39 is 6.10 Å². The number of thiazole rings is 1. The van der Waals surface area contributed by atoms with Gasteiger partial charge in [-0.15, -0.1) is 11.3 Å². The molecule has 140 valence electrons. The summed E-state index contributed by atoms with van der Waals surface area (Å²) >= 11 is 7.68. The first-order valence-corrected chi connectivity index (χ1v) is 10.2. The maximum absolute atomic E-state index is 12.7. The summed E-state index contributed by atoms with van der Waals surface area (Å²) in [5.41, 5.74) is 1.60. The van der Waals surface area contributed by atoms with Gasteiger partial charge in [0.25, 0.3) is 0 Å². The van der Waals surface area contributed by atoms with E-state index in [1.807, 2.05) is 51.2 Å². The molecule has 3 heterocycles. The normalized spacial score (nSPS) is 18.6. The topological polar surface area (TPSA) is 57.8 Å². The third-order valence-corrected chi connectivity index (χ3v) is 6.01. The molecular formula is C20H20ClN3O2S. The largest absolute Gasteiger partial charge is 0.388 e. The fraction of sp³-hybridized carbons (Fsp3) is 0.300. The molecule has 2 atom stereocenters. The highest BCUT2D eigenvalue weighted by atomic mass is 35.5. The van der Waals surface area contributed by atoms with Crippen LogP contribution in [0, 0.1) is 0 Å². The van der Waals surface area contributed by atoms with Gasteiger partial charge < -0.3 is 10.0 Å². The van der Waals surface area contributed by atoms with Crippen molar-refractivity contribution in [3.05, 3.63) is 64.4 Å². The Labute approximate surface area is 166 Å². The maximum Gasteiger partial charge on any atom is 0.246 e. The van der Waals surface area contributed by atoms with Crippen molar-refractivity contribution in [2.75, 3.05) is 6.54 Å². The fourth-order valence-electron chi connectivity index (χ4n) is 3.61. The van der Waals surface area contributed by atoms with Gasteiger partial charge in [0.2, 0.25) is 5.91 Å². The average Bonchev–Trinajstić information content (AvgIpc) is 3.37. The molecule has 5 nitrogen and oxygen atoms in total. The Kier molecular flexibility index (Phi) is 5.29. The van der Waals surface area contributed by atoms with Crippen LogP contribution in [0.2, 0.25) is 5.15 Å². The van der Waals surface area contributed by atoms with Gasteiger partial charge in [-0.05, 0) is 30.9 Å². The first kappa shape index (κ1) is 18.2. The monoisotopic (exact) mass is 401 g/mol. The van der Waals surface area contributed by atoms with Gasteiger partial charge in [0.1, 0.15) is 0 Å². The Morgan fingerprint density at radius 2 is 2.22 bits per heavy atom. The van der Waals surface area contributed by atoms with Crippen LogP contribution >= 0.6 is 22.9 Å². The molecule has 3 aromatic rings. The molecule has 0 spiro atoms. The summed E-state index contributed by atoms with van der Waals surface area (Å²) < 4.78 is 1.87. The number of likely N-dealkylation sites (tertiary alicyclic amines) is 1. The number of aliphatic hydroxyl groups is 1. The van der Waals surface area contributed by atoms with Crippen LogP contribution in [0.5, 0.6) is 0 Å². The van der Waals surface area contributed by atoms with Gasteiger partial charge in [-0.1, -0.05) is 41.9 Å². The zero-order valence-electron chi connectivity index (χ0n) is 14.7. The van der Waals surface area contributed by atoms with Crippen LogP contribution in [0.15, 0.2) is 48.0 Å². The summed E-state index contributed by atoms with van der Waals surface area (Å²) in [5.74, 6) is -0.0565. The van der Waals surface area contributed by atoms with E-state index in [2.05, 4.69) is 4.98 Å². The lowest BCUT2D eigenvalue weighted by molar-refractivity contribution is -0.127. The van der Waals surface area contributed by atoms with Crippen molar-refractivity contribution < 1.29 is 9.90 Å². The second kappa shape index (κ2) is 7.84. The molecule has 1 N–H and O–H groups in total. The summed E-state index contributed by atoms with van der Waals surface area (Å²) in [4.78, 5) is 19.7. The molecule has 1 fully saturated rings. The fourth-order valence-corrected chi connectivity index (χ4v) is 4.62. The number of amides is 1. The predicted molar refractivity (Wildman–Crippen MR) is 108 cm³/mol. The predicted octanol–water partition coefficient (Wildman–Crippen LogP) is 4.18. The van der Waals surface area contributed by atoms with Crippen molar-refractivity contribution in [2.45, 2.75) is 31.4 Å². The van der Waals surface area contributed by atoms with Crippen molar-refractivity contribution in [3.8, 4) is 0 Å². The zero-order valence-corrected chi connectivity index (χ0v) is 16.2. The smallest absolute Gasteiger partial charge is 0.246 e. The summed E-state index contributed by atoms with van der Waals surface area (Å²) in [6.07, 6.45) is 7.01. The lowest BCUT2D eigenvalue weighted by atomic mass is 10.0. The number of aliphatic hydroxyl groups excluding tert-OH is 1. The lowest BCUT2D eigenvalue weighted by Crippen LogP contribution is -2.35. The number of nitrogens with zero attached hydrogens (tertiary/aromatic N) is 3. The van der Waals surface area contributed by atoms with Crippen LogP contribution in [0.4, 0.5) is 0 Å². The summed E-state index contributed by atoms with van der Waals surface area (Å²) in [7, 11) is 0. The van der Waals surface area contributed by atoms with Crippen LogP contribution in [-0.4, -0.2) is 37.9 Å². The first-order valence-electron chi connectivity index (χ1n) is 8.96. The summed E-state index contributed by atoms with van der Waals surface area (Å²) in [5, 5.41) is 12.8. The highest BCUT2D eigenvalue weighted by molar-refractivity contribution is 7.15. The van der Waals surface area contributed by atoms with Crippen molar-refractivity contribution in [1.29, 1.82) is 0 Å². The molecule has 7 heteroatoms. The van der Waals surface area contributed by atoms with E-state index in [9.17, 15) is 9.90 Å². The van der Waals surface area contributed by atoms with Crippen molar-refractivity contribution in [2.24, 2.45) is 0 Å². The highest BCUT2D eigenvalue weighted by Crippen LogP contribution is 2.28. The van der Waals surface area contributed by atoms with Gasteiger partial charge >= 0.3 is 0 Å². The molecule has 27 heavy (non-hydrogen) atoms. The van der Waals surface area contributed by atoms with E-state index in [-0.39, 0.29) is 11.9 Å². The average molecular weight is 402 g/mol. The molecule has 0 bridgehead atoms. The van der Waals surface area contributed by atoms with Crippen molar-refractivity contribution in [3.63, 3.8) is 0 Å². The van der Waals surface area contributed by atoms with Crippen LogP contribution in [0.25, 0.3) is 11.0 Å². The molecule has 0 aliphatic carbocycles. The second-order valence-electron chi connectivity index (χ2n) is 6.67. The van der Waals surface area contributed by atoms with Gasteiger partial charge in [0.05, 0.1) is 11.8 Å². The Bertz CT molecular complexity index is 966. The van der Waals surface area contributed by atoms with Crippen molar-refractivity contribution in [1.82, 2.24) is 14.3 Å². The van der Waals surface area contributed by atoms with Gasteiger partial charge in [-0.25, -0.2) is 4.98 Å². The number of hydrogen-bond acceptors (Lipinski definition) is 4. The van der Waals surface area contributed by atoms with Crippen LogP contribution in [0.3, 0.4) is 0 Å². The van der Waals surface area contributed by atoms with E-state index in [4.69, 9.17) is 11.6 Å². The molecule has 1 saturated heterocycles. The van der Waals surface area contributed by atoms with Crippen LogP contribution in [-0.2, 0) is 4.79 Å². The Morgan fingerprint density at radius 3 is 3.04 bits per heavy atom. The molecule has 0 unspecified atom stereocenters. The number of carbonyl (C=O) groups excluding carboxylic acids is 1. The van der Waals surface area contributed by atoms with E-state index in [1.54, 1.807) is 12.2 Å². The Balaban J connectivity index is 1.46. The maximum atomic E-state index is 12.7. The minimum atomic E-state index is -0.566. The Hall–Kier alpha value is -2.15. The minimum Gasteiger partial charge on any atom is -0.388 e. The molecule has 1 aliphatic heterocycles. The second-order valence-corrected chi connectivity index (χ2v) is 7.90. The minimum absolute atomic E-state index is 0.0411. The van der Waals surface area contributed by atoms with Crippen molar-refractivity contribution >= 4 is 39.9 Å². The number of fused-ring (bicyclic) bond motifs is 1.